The summed E-state index contributed by atoms with van der Waals surface area (Å²) in [6.07, 6.45) is 0.313. The topological polar surface area (TPSA) is 42.0 Å². The number of nitrogens with one attached hydrogen (secondary N) is 1. The summed E-state index contributed by atoms with van der Waals surface area (Å²) < 4.78 is 0. The molecule has 0 bridgehead atoms. The quantitative estimate of drug-likeness (QED) is 0.861. The van der Waals surface area contributed by atoms with Gasteiger partial charge in [0.1, 0.15) is 5.01 Å². The van der Waals surface area contributed by atoms with Crippen molar-refractivity contribution in [2.24, 2.45) is 0 Å². The first kappa shape index (κ1) is 14.0. The number of thiazole rings is 1. The van der Waals surface area contributed by atoms with Crippen LogP contribution in [0.2, 0.25) is 0 Å². The van der Waals surface area contributed by atoms with E-state index in [2.05, 4.69) is 10.3 Å². The van der Waals surface area contributed by atoms with Crippen molar-refractivity contribution in [1.29, 1.82) is 0 Å². The number of halogens is 1. The molecule has 0 fully saturated rings. The molecule has 1 aromatic carbocycles. The molecule has 0 unspecified atom stereocenters. The van der Waals surface area contributed by atoms with E-state index in [1.165, 1.54) is 16.9 Å². The fourth-order valence-corrected chi connectivity index (χ4v) is 2.62. The van der Waals surface area contributed by atoms with Crippen LogP contribution in [-0.2, 0) is 23.6 Å². The second-order valence-electron chi connectivity index (χ2n) is 4.31. The van der Waals surface area contributed by atoms with Gasteiger partial charge in [-0.15, -0.1) is 22.9 Å². The van der Waals surface area contributed by atoms with E-state index in [4.69, 9.17) is 11.6 Å². The van der Waals surface area contributed by atoms with Gasteiger partial charge in [0.15, 0.2) is 0 Å². The van der Waals surface area contributed by atoms with Gasteiger partial charge in [0.2, 0.25) is 5.91 Å². The molecule has 100 valence electrons. The molecule has 0 aliphatic heterocycles. The van der Waals surface area contributed by atoms with Crippen molar-refractivity contribution >= 4 is 28.8 Å². The lowest BCUT2D eigenvalue weighted by molar-refractivity contribution is -0.120. The second kappa shape index (κ2) is 6.68. The first-order valence-electron chi connectivity index (χ1n) is 5.99. The predicted octanol–water partition coefficient (Wildman–Crippen LogP) is 3.05. The van der Waals surface area contributed by atoms with E-state index >= 15 is 0 Å². The molecule has 0 saturated carbocycles. The average molecular weight is 295 g/mol. The zero-order chi connectivity index (χ0) is 13.7. The number of aryl methyl sites for hydroxylation is 1. The van der Waals surface area contributed by atoms with Crippen molar-refractivity contribution in [1.82, 2.24) is 10.3 Å². The minimum atomic E-state index is -0.0175. The Kier molecular flexibility index (Phi) is 4.93. The van der Waals surface area contributed by atoms with E-state index in [1.54, 1.807) is 0 Å². The van der Waals surface area contributed by atoms with E-state index in [-0.39, 0.29) is 5.91 Å². The van der Waals surface area contributed by atoms with Crippen LogP contribution < -0.4 is 5.32 Å². The summed E-state index contributed by atoms with van der Waals surface area (Å²) in [6, 6.07) is 8.11. The third-order valence-corrected chi connectivity index (χ3v) is 3.83. The second-order valence-corrected chi connectivity index (χ2v) is 5.52. The molecular formula is C14H15ClN2OS. The van der Waals surface area contributed by atoms with E-state index < -0.39 is 0 Å². The van der Waals surface area contributed by atoms with Crippen LogP contribution in [0.25, 0.3) is 0 Å². The van der Waals surface area contributed by atoms with Gasteiger partial charge in [0.25, 0.3) is 0 Å². The number of alkyl halides is 1. The largest absolute Gasteiger partial charge is 0.352 e. The van der Waals surface area contributed by atoms with Gasteiger partial charge in [0, 0.05) is 11.9 Å². The molecule has 5 heteroatoms. The highest BCUT2D eigenvalue weighted by atomic mass is 35.5. The SMILES string of the molecule is Cc1ccc(CNC(=O)Cc2nc(CCl)cs2)cc1. The number of amides is 1. The number of carbonyl (C=O) groups excluding carboxylic acids is 1. The van der Waals surface area contributed by atoms with Crippen molar-refractivity contribution in [3.63, 3.8) is 0 Å². The maximum absolute atomic E-state index is 11.8. The minimum Gasteiger partial charge on any atom is -0.352 e. The van der Waals surface area contributed by atoms with Crippen molar-refractivity contribution in [2.45, 2.75) is 25.8 Å². The molecule has 0 atom stereocenters. The highest BCUT2D eigenvalue weighted by molar-refractivity contribution is 7.09. The summed E-state index contributed by atoms with van der Waals surface area (Å²) in [5.74, 6) is 0.373. The van der Waals surface area contributed by atoms with E-state index in [1.807, 2.05) is 36.6 Å². The van der Waals surface area contributed by atoms with Gasteiger partial charge < -0.3 is 5.32 Å². The van der Waals surface area contributed by atoms with Crippen LogP contribution in [-0.4, -0.2) is 10.9 Å². The van der Waals surface area contributed by atoms with Crippen molar-refractivity contribution < 1.29 is 4.79 Å². The highest BCUT2D eigenvalue weighted by Gasteiger charge is 2.07. The standard InChI is InChI=1S/C14H15ClN2OS/c1-10-2-4-11(5-3-10)8-16-13(18)6-14-17-12(7-15)9-19-14/h2-5,9H,6-8H2,1H3,(H,16,18). The predicted molar refractivity (Wildman–Crippen MR) is 78.4 cm³/mol. The Morgan fingerprint density at radius 1 is 1.37 bits per heavy atom. The molecule has 0 spiro atoms. The summed E-state index contributed by atoms with van der Waals surface area (Å²) in [4.78, 5) is 16.0. The Balaban J connectivity index is 1.82. The van der Waals surface area contributed by atoms with Crippen LogP contribution in [0.5, 0.6) is 0 Å². The van der Waals surface area contributed by atoms with Gasteiger partial charge in [-0.1, -0.05) is 29.8 Å². The van der Waals surface area contributed by atoms with Gasteiger partial charge >= 0.3 is 0 Å². The van der Waals surface area contributed by atoms with E-state index in [9.17, 15) is 4.79 Å². The zero-order valence-corrected chi connectivity index (χ0v) is 12.2. The summed E-state index contributed by atoms with van der Waals surface area (Å²) in [5.41, 5.74) is 3.14. The first-order valence-corrected chi connectivity index (χ1v) is 7.40. The van der Waals surface area contributed by atoms with E-state index in [0.717, 1.165) is 16.3 Å². The van der Waals surface area contributed by atoms with Gasteiger partial charge in [-0.05, 0) is 12.5 Å². The number of aromatic nitrogens is 1. The van der Waals surface area contributed by atoms with Crippen LogP contribution >= 0.6 is 22.9 Å². The zero-order valence-electron chi connectivity index (χ0n) is 10.6. The molecule has 0 saturated heterocycles. The summed E-state index contributed by atoms with van der Waals surface area (Å²) in [7, 11) is 0. The molecular weight excluding hydrogens is 280 g/mol. The number of hydrogen-bond donors (Lipinski definition) is 1. The Bertz CT molecular complexity index is 551. The fraction of sp³-hybridized carbons (Fsp3) is 0.286. The maximum atomic E-state index is 11.8. The number of nitrogens with zero attached hydrogens (tertiary/aromatic N) is 1. The molecule has 3 nitrogen and oxygen atoms in total. The summed E-state index contributed by atoms with van der Waals surface area (Å²) >= 11 is 7.14. The smallest absolute Gasteiger partial charge is 0.227 e. The fourth-order valence-electron chi connectivity index (χ4n) is 1.60. The highest BCUT2D eigenvalue weighted by Crippen LogP contribution is 2.12. The maximum Gasteiger partial charge on any atom is 0.227 e. The molecule has 0 aliphatic rings. The molecule has 19 heavy (non-hydrogen) atoms. The lowest BCUT2D eigenvalue weighted by Gasteiger charge is -2.04. The minimum absolute atomic E-state index is 0.0175. The molecule has 1 heterocycles. The summed E-state index contributed by atoms with van der Waals surface area (Å²) in [5, 5.41) is 5.58. The Labute approximate surface area is 121 Å². The molecule has 2 rings (SSSR count). The van der Waals surface area contributed by atoms with Crippen LogP contribution in [0, 0.1) is 6.92 Å². The number of rotatable bonds is 5. The molecule has 2 aromatic rings. The molecule has 1 amide bonds. The van der Waals surface area contributed by atoms with Crippen LogP contribution in [0.1, 0.15) is 21.8 Å². The molecule has 1 aromatic heterocycles. The van der Waals surface area contributed by atoms with Crippen molar-refractivity contribution in [3.8, 4) is 0 Å². The molecule has 0 radical (unpaired) electrons. The molecule has 0 aliphatic carbocycles. The van der Waals surface area contributed by atoms with Crippen molar-refractivity contribution in [2.75, 3.05) is 0 Å². The van der Waals surface area contributed by atoms with Gasteiger partial charge in [-0.25, -0.2) is 4.98 Å². The summed E-state index contributed by atoms with van der Waals surface area (Å²) in [6.45, 7) is 2.59. The van der Waals surface area contributed by atoms with Crippen LogP contribution in [0.4, 0.5) is 0 Å². The van der Waals surface area contributed by atoms with Crippen LogP contribution in [0.3, 0.4) is 0 Å². The lowest BCUT2D eigenvalue weighted by atomic mass is 10.1. The first-order chi connectivity index (χ1) is 9.17. The Morgan fingerprint density at radius 2 is 2.11 bits per heavy atom. The van der Waals surface area contributed by atoms with Gasteiger partial charge in [-0.3, -0.25) is 4.79 Å². The van der Waals surface area contributed by atoms with E-state index in [0.29, 0.717) is 18.8 Å². The number of hydrogen-bond acceptors (Lipinski definition) is 3. The number of carbonyl (C=O) groups is 1. The van der Waals surface area contributed by atoms with Crippen LogP contribution in [0.15, 0.2) is 29.6 Å². The van der Waals surface area contributed by atoms with Gasteiger partial charge in [0.05, 0.1) is 18.0 Å². The Morgan fingerprint density at radius 3 is 2.74 bits per heavy atom. The van der Waals surface area contributed by atoms with Gasteiger partial charge in [-0.2, -0.15) is 0 Å². The normalized spacial score (nSPS) is 10.4. The lowest BCUT2D eigenvalue weighted by Crippen LogP contribution is -2.24. The third-order valence-electron chi connectivity index (χ3n) is 2.66. The third kappa shape index (κ3) is 4.33. The average Bonchev–Trinajstić information content (AvgIpc) is 2.86. The number of benzene rings is 1. The van der Waals surface area contributed by atoms with Crippen molar-refractivity contribution in [3.05, 3.63) is 51.5 Å². The monoisotopic (exact) mass is 294 g/mol. The molecule has 1 N–H and O–H groups in total. The Hall–Kier alpha value is -1.39.